The molecule has 0 unspecified atom stereocenters. The van der Waals surface area contributed by atoms with Crippen LogP contribution in [-0.4, -0.2) is 20.7 Å². The maximum Gasteiger partial charge on any atom is 0.433 e. The Labute approximate surface area is 168 Å². The van der Waals surface area contributed by atoms with Crippen LogP contribution in [0.25, 0.3) is 11.3 Å². The fourth-order valence-corrected chi connectivity index (χ4v) is 2.84. The number of hydrogen-bond acceptors (Lipinski definition) is 4. The Morgan fingerprint density at radius 1 is 1.17 bits per heavy atom. The molecule has 0 aliphatic carbocycles. The van der Waals surface area contributed by atoms with Crippen molar-refractivity contribution < 1.29 is 18.0 Å². The van der Waals surface area contributed by atoms with Gasteiger partial charge >= 0.3 is 6.18 Å². The number of rotatable bonds is 3. The number of anilines is 1. The molecule has 1 aromatic carbocycles. The number of carbonyl (C=O) groups excluding carboxylic acids is 1. The normalized spacial score (nSPS) is 11.4. The van der Waals surface area contributed by atoms with Gasteiger partial charge in [0.15, 0.2) is 0 Å². The van der Waals surface area contributed by atoms with E-state index in [-0.39, 0.29) is 10.6 Å². The highest BCUT2D eigenvalue weighted by atomic mass is 35.5. The molecule has 0 aliphatic heterocycles. The summed E-state index contributed by atoms with van der Waals surface area (Å²) < 4.78 is 39.5. The molecule has 3 aromatic rings. The second-order valence-corrected chi connectivity index (χ2v) is 6.62. The Kier molecular flexibility index (Phi) is 5.43. The predicted octanol–water partition coefficient (Wildman–Crippen LogP) is 4.08. The summed E-state index contributed by atoms with van der Waals surface area (Å²) in [7, 11) is 1.46. The summed E-state index contributed by atoms with van der Waals surface area (Å²) in [5.74, 6) is -0.723. The van der Waals surface area contributed by atoms with E-state index < -0.39 is 23.3 Å². The minimum atomic E-state index is -4.65. The lowest BCUT2D eigenvalue weighted by atomic mass is 10.0. The molecule has 0 spiro atoms. The van der Waals surface area contributed by atoms with Gasteiger partial charge in [-0.25, -0.2) is 4.68 Å². The van der Waals surface area contributed by atoms with E-state index in [1.165, 1.54) is 19.2 Å². The third kappa shape index (κ3) is 4.45. The minimum absolute atomic E-state index is 0.0113. The lowest BCUT2D eigenvalue weighted by Crippen LogP contribution is -2.20. The smallest absolute Gasteiger partial charge is 0.322 e. The topological polar surface area (TPSA) is 76.9 Å². The number of alkyl halides is 3. The molecule has 29 heavy (non-hydrogen) atoms. The van der Waals surface area contributed by atoms with Crippen LogP contribution in [0.3, 0.4) is 0 Å². The summed E-state index contributed by atoms with van der Waals surface area (Å²) in [5, 5.41) is 6.70. The van der Waals surface area contributed by atoms with Gasteiger partial charge < -0.3 is 5.32 Å². The number of halogens is 4. The van der Waals surface area contributed by atoms with Crippen LogP contribution in [0.5, 0.6) is 0 Å². The standard InChI is InChI=1S/C19H14ClF3N4O2/c1-10-3-4-12(8-13(10)15-9-14(20)18(29)27(2)26-15)25-17(28)11-5-6-24-16(7-11)19(21,22)23/h3-9H,1-2H3,(H,25,28). The molecule has 1 amide bonds. The Hall–Kier alpha value is -3.20. The number of carbonyl (C=O) groups is 1. The van der Waals surface area contributed by atoms with Crippen molar-refractivity contribution in [3.05, 3.63) is 74.8 Å². The number of pyridine rings is 1. The quantitative estimate of drug-likeness (QED) is 0.690. The molecule has 1 N–H and O–H groups in total. The van der Waals surface area contributed by atoms with Crippen molar-refractivity contribution in [2.75, 3.05) is 5.32 Å². The maximum atomic E-state index is 12.8. The van der Waals surface area contributed by atoms with E-state index in [9.17, 15) is 22.8 Å². The molecule has 0 bridgehead atoms. The summed E-state index contributed by atoms with van der Waals surface area (Å²) in [4.78, 5) is 27.4. The van der Waals surface area contributed by atoms with Gasteiger partial charge in [0.1, 0.15) is 10.7 Å². The molecule has 0 saturated heterocycles. The van der Waals surface area contributed by atoms with E-state index in [1.807, 2.05) is 0 Å². The average Bonchev–Trinajstić information content (AvgIpc) is 2.66. The second-order valence-electron chi connectivity index (χ2n) is 6.22. The largest absolute Gasteiger partial charge is 0.433 e. The molecule has 150 valence electrons. The summed E-state index contributed by atoms with van der Waals surface area (Å²) in [6.07, 6.45) is -3.73. The lowest BCUT2D eigenvalue weighted by Gasteiger charge is -2.12. The minimum Gasteiger partial charge on any atom is -0.322 e. The highest BCUT2D eigenvalue weighted by molar-refractivity contribution is 6.30. The number of hydrogen-bond donors (Lipinski definition) is 1. The first kappa shape index (κ1) is 20.5. The van der Waals surface area contributed by atoms with Crippen LogP contribution < -0.4 is 10.9 Å². The van der Waals surface area contributed by atoms with Gasteiger partial charge in [-0.3, -0.25) is 14.6 Å². The van der Waals surface area contributed by atoms with Crippen molar-refractivity contribution in [1.29, 1.82) is 0 Å². The summed E-state index contributed by atoms with van der Waals surface area (Å²) in [5.41, 5.74) is 0.369. The molecular formula is C19H14ClF3N4O2. The SMILES string of the molecule is Cc1ccc(NC(=O)c2ccnc(C(F)(F)F)c2)cc1-c1cc(Cl)c(=O)n(C)n1. The Morgan fingerprint density at radius 2 is 1.90 bits per heavy atom. The number of nitrogens with one attached hydrogen (secondary N) is 1. The van der Waals surface area contributed by atoms with E-state index in [2.05, 4.69) is 15.4 Å². The van der Waals surface area contributed by atoms with E-state index >= 15 is 0 Å². The van der Waals surface area contributed by atoms with Gasteiger partial charge in [0, 0.05) is 30.1 Å². The fraction of sp³-hybridized carbons (Fsp3) is 0.158. The summed E-state index contributed by atoms with van der Waals surface area (Å²) >= 11 is 5.94. The highest BCUT2D eigenvalue weighted by Gasteiger charge is 2.33. The van der Waals surface area contributed by atoms with Crippen LogP contribution in [0, 0.1) is 6.92 Å². The van der Waals surface area contributed by atoms with E-state index in [0.717, 1.165) is 16.4 Å². The zero-order valence-electron chi connectivity index (χ0n) is 15.2. The van der Waals surface area contributed by atoms with Gasteiger partial charge in [0.2, 0.25) is 0 Å². The van der Waals surface area contributed by atoms with Crippen LogP contribution >= 0.6 is 11.6 Å². The molecular weight excluding hydrogens is 409 g/mol. The van der Waals surface area contributed by atoms with Gasteiger partial charge in [-0.2, -0.15) is 18.3 Å². The molecule has 0 saturated carbocycles. The molecule has 2 heterocycles. The number of amides is 1. The second kappa shape index (κ2) is 7.67. The first-order valence-corrected chi connectivity index (χ1v) is 8.63. The molecule has 0 aliphatic rings. The zero-order chi connectivity index (χ0) is 21.3. The van der Waals surface area contributed by atoms with E-state index in [0.29, 0.717) is 23.0 Å². The Morgan fingerprint density at radius 3 is 2.55 bits per heavy atom. The number of benzene rings is 1. The molecule has 0 radical (unpaired) electrons. The van der Waals surface area contributed by atoms with Gasteiger partial charge in [-0.1, -0.05) is 17.7 Å². The van der Waals surface area contributed by atoms with Gasteiger partial charge in [-0.15, -0.1) is 0 Å². The molecule has 10 heteroatoms. The van der Waals surface area contributed by atoms with Crippen molar-refractivity contribution in [1.82, 2.24) is 14.8 Å². The third-order valence-electron chi connectivity index (χ3n) is 4.10. The van der Waals surface area contributed by atoms with Crippen molar-refractivity contribution in [2.45, 2.75) is 13.1 Å². The maximum absolute atomic E-state index is 12.8. The van der Waals surface area contributed by atoms with Crippen LogP contribution in [0.2, 0.25) is 5.02 Å². The third-order valence-corrected chi connectivity index (χ3v) is 4.37. The number of aryl methyl sites for hydroxylation is 2. The van der Waals surface area contributed by atoms with Crippen LogP contribution in [0.1, 0.15) is 21.6 Å². The Bertz CT molecular complexity index is 1130. The first-order chi connectivity index (χ1) is 13.6. The van der Waals surface area contributed by atoms with Crippen molar-refractivity contribution >= 4 is 23.2 Å². The van der Waals surface area contributed by atoms with Crippen molar-refractivity contribution in [3.63, 3.8) is 0 Å². The van der Waals surface area contributed by atoms with E-state index in [4.69, 9.17) is 11.6 Å². The molecule has 0 fully saturated rings. The predicted molar refractivity (Wildman–Crippen MR) is 102 cm³/mol. The molecule has 2 aromatic heterocycles. The number of nitrogens with zero attached hydrogens (tertiary/aromatic N) is 3. The monoisotopic (exact) mass is 422 g/mol. The zero-order valence-corrected chi connectivity index (χ0v) is 16.0. The fourth-order valence-electron chi connectivity index (χ4n) is 2.61. The van der Waals surface area contributed by atoms with Gasteiger partial charge in [0.25, 0.3) is 11.5 Å². The molecule has 0 atom stereocenters. The molecule has 3 rings (SSSR count). The van der Waals surface area contributed by atoms with Crippen LogP contribution in [-0.2, 0) is 13.2 Å². The van der Waals surface area contributed by atoms with Gasteiger partial charge in [0.05, 0.1) is 5.69 Å². The average molecular weight is 423 g/mol. The number of aromatic nitrogens is 3. The summed E-state index contributed by atoms with van der Waals surface area (Å²) in [6.45, 7) is 1.81. The van der Waals surface area contributed by atoms with E-state index in [1.54, 1.807) is 25.1 Å². The molecule has 6 nitrogen and oxygen atoms in total. The van der Waals surface area contributed by atoms with Gasteiger partial charge in [-0.05, 0) is 42.8 Å². The van der Waals surface area contributed by atoms with Crippen LogP contribution in [0.4, 0.5) is 18.9 Å². The lowest BCUT2D eigenvalue weighted by molar-refractivity contribution is -0.141. The first-order valence-electron chi connectivity index (χ1n) is 8.26. The Balaban J connectivity index is 1.93. The summed E-state index contributed by atoms with van der Waals surface area (Å²) in [6, 6.07) is 8.19. The van der Waals surface area contributed by atoms with Crippen LogP contribution in [0.15, 0.2) is 47.4 Å². The highest BCUT2D eigenvalue weighted by Crippen LogP contribution is 2.29. The van der Waals surface area contributed by atoms with Crippen molar-refractivity contribution in [2.24, 2.45) is 7.05 Å². The van der Waals surface area contributed by atoms with Crippen molar-refractivity contribution in [3.8, 4) is 11.3 Å².